The third kappa shape index (κ3) is 2.08. The summed E-state index contributed by atoms with van der Waals surface area (Å²) in [6.45, 7) is 4.00. The minimum Gasteiger partial charge on any atom is -0.464 e. The number of hydrogen-bond acceptors (Lipinski definition) is 2. The van der Waals surface area contributed by atoms with Crippen molar-refractivity contribution in [3.63, 3.8) is 0 Å². The van der Waals surface area contributed by atoms with Gasteiger partial charge >= 0.3 is 0 Å². The highest BCUT2D eigenvalue weighted by molar-refractivity contribution is 5.80. The first kappa shape index (κ1) is 10.6. The van der Waals surface area contributed by atoms with Gasteiger partial charge in [0.25, 0.3) is 0 Å². The van der Waals surface area contributed by atoms with Gasteiger partial charge in [0.05, 0.1) is 6.26 Å². The number of rotatable bonds is 1. The van der Waals surface area contributed by atoms with Crippen molar-refractivity contribution in [3.05, 3.63) is 30.5 Å². The first-order valence-corrected chi connectivity index (χ1v) is 4.92. The maximum Gasteiger partial charge on any atom is 0.135 e. The first-order chi connectivity index (χ1) is 6.77. The van der Waals surface area contributed by atoms with Crippen LogP contribution in [0.3, 0.4) is 0 Å². The summed E-state index contributed by atoms with van der Waals surface area (Å²) >= 11 is 0. The Morgan fingerprint density at radius 2 is 1.79 bits per heavy atom. The Morgan fingerprint density at radius 3 is 2.43 bits per heavy atom. The number of nitrogens with zero attached hydrogens (tertiary/aromatic N) is 1. The first-order valence-electron chi connectivity index (χ1n) is 4.92. The number of anilines is 1. The molecule has 1 heterocycles. The molecule has 14 heavy (non-hydrogen) atoms. The molecule has 2 rings (SSSR count). The van der Waals surface area contributed by atoms with E-state index in [1.54, 1.807) is 6.26 Å². The number of furan rings is 1. The fraction of sp³-hybridized carbons (Fsp3) is 0.333. The molecular formula is C12H17NO. The molecule has 0 amide bonds. The van der Waals surface area contributed by atoms with E-state index in [9.17, 15) is 0 Å². The molecule has 0 bridgehead atoms. The van der Waals surface area contributed by atoms with Crippen molar-refractivity contribution < 1.29 is 4.42 Å². The van der Waals surface area contributed by atoms with Gasteiger partial charge in [0.1, 0.15) is 5.58 Å². The molecule has 2 aromatic rings. The highest BCUT2D eigenvalue weighted by atomic mass is 16.3. The summed E-state index contributed by atoms with van der Waals surface area (Å²) in [5, 5.41) is 1.15. The van der Waals surface area contributed by atoms with Crippen molar-refractivity contribution in [2.24, 2.45) is 0 Å². The van der Waals surface area contributed by atoms with Crippen molar-refractivity contribution in [1.29, 1.82) is 0 Å². The fourth-order valence-electron chi connectivity index (χ4n) is 1.22. The van der Waals surface area contributed by atoms with Gasteiger partial charge in [0.15, 0.2) is 0 Å². The Balaban J connectivity index is 0.000000461. The van der Waals surface area contributed by atoms with Gasteiger partial charge in [-0.25, -0.2) is 0 Å². The summed E-state index contributed by atoms with van der Waals surface area (Å²) in [6, 6.07) is 8.15. The third-order valence-electron chi connectivity index (χ3n) is 1.96. The summed E-state index contributed by atoms with van der Waals surface area (Å²) in [5.41, 5.74) is 2.11. The zero-order chi connectivity index (χ0) is 10.6. The molecule has 0 aliphatic heterocycles. The molecular weight excluding hydrogens is 174 g/mol. The Hall–Kier alpha value is -1.44. The summed E-state index contributed by atoms with van der Waals surface area (Å²) in [4.78, 5) is 2.06. The van der Waals surface area contributed by atoms with E-state index >= 15 is 0 Å². The van der Waals surface area contributed by atoms with Crippen LogP contribution in [0.5, 0.6) is 0 Å². The van der Waals surface area contributed by atoms with Crippen LogP contribution in [0.1, 0.15) is 13.8 Å². The molecule has 0 saturated heterocycles. The monoisotopic (exact) mass is 191 g/mol. The van der Waals surface area contributed by atoms with Gasteiger partial charge in [0, 0.05) is 31.2 Å². The van der Waals surface area contributed by atoms with Crippen LogP contribution >= 0.6 is 0 Å². The van der Waals surface area contributed by atoms with E-state index in [1.165, 1.54) is 0 Å². The quantitative estimate of drug-likeness (QED) is 0.685. The van der Waals surface area contributed by atoms with Gasteiger partial charge in [-0.3, -0.25) is 0 Å². The summed E-state index contributed by atoms with van der Waals surface area (Å²) in [7, 11) is 4.04. The van der Waals surface area contributed by atoms with E-state index in [4.69, 9.17) is 4.42 Å². The molecule has 76 valence electrons. The van der Waals surface area contributed by atoms with Crippen molar-refractivity contribution in [1.82, 2.24) is 0 Å². The van der Waals surface area contributed by atoms with E-state index in [0.717, 1.165) is 16.7 Å². The molecule has 0 N–H and O–H groups in total. The van der Waals surface area contributed by atoms with Crippen LogP contribution < -0.4 is 4.90 Å². The Labute approximate surface area is 85.1 Å². The van der Waals surface area contributed by atoms with E-state index in [1.807, 2.05) is 40.1 Å². The average molecular weight is 191 g/mol. The van der Waals surface area contributed by atoms with E-state index in [0.29, 0.717) is 0 Å². The normalized spacial score (nSPS) is 9.43. The molecule has 2 nitrogen and oxygen atoms in total. The third-order valence-corrected chi connectivity index (χ3v) is 1.96. The van der Waals surface area contributed by atoms with Gasteiger partial charge < -0.3 is 9.32 Å². The van der Waals surface area contributed by atoms with Crippen LogP contribution in [-0.2, 0) is 0 Å². The summed E-state index contributed by atoms with van der Waals surface area (Å²) in [6.07, 6.45) is 1.71. The second-order valence-electron chi connectivity index (χ2n) is 3.04. The van der Waals surface area contributed by atoms with Gasteiger partial charge in [-0.05, 0) is 18.2 Å². The summed E-state index contributed by atoms with van der Waals surface area (Å²) in [5.74, 6) is 0. The van der Waals surface area contributed by atoms with Crippen LogP contribution in [0, 0.1) is 0 Å². The van der Waals surface area contributed by atoms with Crippen LogP contribution in [0.4, 0.5) is 5.69 Å². The lowest BCUT2D eigenvalue weighted by Gasteiger charge is -2.11. The molecule has 0 unspecified atom stereocenters. The molecule has 1 aromatic heterocycles. The fourth-order valence-corrected chi connectivity index (χ4v) is 1.22. The topological polar surface area (TPSA) is 16.4 Å². The maximum absolute atomic E-state index is 5.28. The van der Waals surface area contributed by atoms with Crippen molar-refractivity contribution in [3.8, 4) is 0 Å². The minimum atomic E-state index is 0.946. The molecule has 0 radical (unpaired) electrons. The SMILES string of the molecule is CC.CN(C)c1ccc2ccoc2c1. The lowest BCUT2D eigenvalue weighted by molar-refractivity contribution is 0.616. The van der Waals surface area contributed by atoms with E-state index in [-0.39, 0.29) is 0 Å². The molecule has 1 aromatic carbocycles. The second kappa shape index (κ2) is 4.70. The van der Waals surface area contributed by atoms with Gasteiger partial charge in [0.2, 0.25) is 0 Å². The maximum atomic E-state index is 5.28. The molecule has 0 aliphatic carbocycles. The molecule has 0 fully saturated rings. The molecule has 0 saturated carbocycles. The van der Waals surface area contributed by atoms with Crippen molar-refractivity contribution in [2.75, 3.05) is 19.0 Å². The van der Waals surface area contributed by atoms with Crippen LogP contribution in [-0.4, -0.2) is 14.1 Å². The lowest BCUT2D eigenvalue weighted by atomic mass is 10.2. The highest BCUT2D eigenvalue weighted by Gasteiger charge is 1.99. The second-order valence-corrected chi connectivity index (χ2v) is 3.04. The minimum absolute atomic E-state index is 0.946. The van der Waals surface area contributed by atoms with Crippen molar-refractivity contribution in [2.45, 2.75) is 13.8 Å². The van der Waals surface area contributed by atoms with Gasteiger partial charge in [-0.1, -0.05) is 13.8 Å². The lowest BCUT2D eigenvalue weighted by Crippen LogP contribution is -2.07. The Kier molecular flexibility index (Phi) is 3.57. The molecule has 0 spiro atoms. The van der Waals surface area contributed by atoms with Crippen LogP contribution in [0.15, 0.2) is 34.9 Å². The molecule has 0 atom stereocenters. The predicted octanol–water partition coefficient (Wildman–Crippen LogP) is 3.53. The summed E-state index contributed by atoms with van der Waals surface area (Å²) < 4.78 is 5.28. The van der Waals surface area contributed by atoms with E-state index in [2.05, 4.69) is 17.0 Å². The molecule has 2 heteroatoms. The van der Waals surface area contributed by atoms with E-state index < -0.39 is 0 Å². The average Bonchev–Trinajstić information content (AvgIpc) is 2.67. The number of hydrogen-bond donors (Lipinski definition) is 0. The molecule has 0 aliphatic rings. The zero-order valence-corrected chi connectivity index (χ0v) is 9.24. The Bertz CT molecular complexity index is 390. The number of fused-ring (bicyclic) bond motifs is 1. The zero-order valence-electron chi connectivity index (χ0n) is 9.24. The predicted molar refractivity (Wildman–Crippen MR) is 61.9 cm³/mol. The van der Waals surface area contributed by atoms with Crippen molar-refractivity contribution >= 4 is 16.7 Å². The standard InChI is InChI=1S/C10H11NO.C2H6/c1-11(2)9-4-3-8-5-6-12-10(8)7-9;1-2/h3-7H,1-2H3;1-2H3. The highest BCUT2D eigenvalue weighted by Crippen LogP contribution is 2.21. The van der Waals surface area contributed by atoms with Crippen LogP contribution in [0.25, 0.3) is 11.0 Å². The smallest absolute Gasteiger partial charge is 0.135 e. The number of benzene rings is 1. The largest absolute Gasteiger partial charge is 0.464 e. The van der Waals surface area contributed by atoms with Gasteiger partial charge in [-0.2, -0.15) is 0 Å². The van der Waals surface area contributed by atoms with Gasteiger partial charge in [-0.15, -0.1) is 0 Å². The van der Waals surface area contributed by atoms with Crippen LogP contribution in [0.2, 0.25) is 0 Å². The Morgan fingerprint density at radius 1 is 1.07 bits per heavy atom.